The van der Waals surface area contributed by atoms with Crippen LogP contribution in [0.25, 0.3) is 10.9 Å². The topological polar surface area (TPSA) is 101 Å². The van der Waals surface area contributed by atoms with E-state index in [9.17, 15) is 19.1 Å². The van der Waals surface area contributed by atoms with E-state index in [1.807, 2.05) is 25.1 Å². The van der Waals surface area contributed by atoms with E-state index >= 15 is 0 Å². The van der Waals surface area contributed by atoms with E-state index in [0.29, 0.717) is 28.3 Å². The van der Waals surface area contributed by atoms with E-state index in [1.54, 1.807) is 37.3 Å². The van der Waals surface area contributed by atoms with Crippen LogP contribution in [0.4, 0.5) is 4.39 Å². The first-order valence-corrected chi connectivity index (χ1v) is 11.4. The van der Waals surface area contributed by atoms with Gasteiger partial charge in [-0.15, -0.1) is 0 Å². The molecule has 4 aromatic rings. The van der Waals surface area contributed by atoms with Gasteiger partial charge in [0.15, 0.2) is 5.60 Å². The van der Waals surface area contributed by atoms with Crippen molar-refractivity contribution >= 4 is 22.8 Å². The number of halogens is 1. The largest absolute Gasteiger partial charge is 0.478 e. The number of amides is 1. The second-order valence-corrected chi connectivity index (χ2v) is 9.20. The van der Waals surface area contributed by atoms with Gasteiger partial charge in [0.05, 0.1) is 0 Å². The smallest absolute Gasteiger partial charge is 0.347 e. The zero-order chi connectivity index (χ0) is 26.0. The summed E-state index contributed by atoms with van der Waals surface area (Å²) in [5.74, 6) is -0.782. The predicted molar refractivity (Wildman–Crippen MR) is 134 cm³/mol. The van der Waals surface area contributed by atoms with Crippen LogP contribution in [-0.2, 0) is 11.3 Å². The van der Waals surface area contributed by atoms with Crippen molar-refractivity contribution in [1.82, 2.24) is 10.3 Å². The number of hydrogen-bond acceptors (Lipinski definition) is 4. The summed E-state index contributed by atoms with van der Waals surface area (Å²) in [6.45, 7) is 6.78. The second kappa shape index (κ2) is 9.73. The van der Waals surface area contributed by atoms with Crippen molar-refractivity contribution in [3.8, 4) is 17.2 Å². The highest BCUT2D eigenvalue weighted by atomic mass is 19.1. The fraction of sp³-hybridized carbons (Fsp3) is 0.214. The summed E-state index contributed by atoms with van der Waals surface area (Å²) < 4.78 is 25.7. The van der Waals surface area contributed by atoms with Gasteiger partial charge in [-0.2, -0.15) is 0 Å². The molecule has 3 N–H and O–H groups in total. The van der Waals surface area contributed by atoms with E-state index in [0.717, 1.165) is 16.5 Å². The first-order valence-electron chi connectivity index (χ1n) is 11.4. The molecule has 1 heterocycles. The lowest BCUT2D eigenvalue weighted by molar-refractivity contribution is -0.152. The number of aliphatic carboxylic acids is 1. The minimum Gasteiger partial charge on any atom is -0.478 e. The Morgan fingerprint density at radius 1 is 1.00 bits per heavy atom. The molecule has 0 saturated carbocycles. The van der Waals surface area contributed by atoms with Gasteiger partial charge >= 0.3 is 5.97 Å². The van der Waals surface area contributed by atoms with E-state index in [1.165, 1.54) is 26.0 Å². The van der Waals surface area contributed by atoms with E-state index < -0.39 is 17.4 Å². The highest BCUT2D eigenvalue weighted by Gasteiger charge is 2.30. The van der Waals surface area contributed by atoms with Crippen LogP contribution in [0.5, 0.6) is 17.2 Å². The van der Waals surface area contributed by atoms with Crippen molar-refractivity contribution in [2.75, 3.05) is 0 Å². The average molecular weight is 491 g/mol. The molecule has 0 aliphatic heterocycles. The SMILES string of the molecule is Cc1ccc2[nH]c(C(=O)NCc3cc(F)cc(Oc4ccc(OC(C)(C)C(=O)O)c(C)c4)c3)cc2c1. The number of carbonyl (C=O) groups is 2. The molecule has 0 aliphatic carbocycles. The Labute approximate surface area is 207 Å². The van der Waals surface area contributed by atoms with E-state index in [-0.39, 0.29) is 18.2 Å². The number of rotatable bonds is 8. The van der Waals surface area contributed by atoms with Crippen LogP contribution in [0.1, 0.15) is 41.0 Å². The van der Waals surface area contributed by atoms with Crippen LogP contribution in [0.15, 0.2) is 60.7 Å². The minimum absolute atomic E-state index is 0.109. The quantitative estimate of drug-likeness (QED) is 0.286. The molecule has 3 aromatic carbocycles. The number of ether oxygens (including phenoxy) is 2. The van der Waals surface area contributed by atoms with Crippen LogP contribution in [-0.4, -0.2) is 27.6 Å². The maximum Gasteiger partial charge on any atom is 0.347 e. The molecule has 7 nitrogen and oxygen atoms in total. The van der Waals surface area contributed by atoms with Crippen molar-refractivity contribution in [2.24, 2.45) is 0 Å². The number of aromatic amines is 1. The van der Waals surface area contributed by atoms with Gasteiger partial charge in [-0.05, 0) is 87.4 Å². The number of aryl methyl sites for hydroxylation is 2. The van der Waals surface area contributed by atoms with Gasteiger partial charge in [0.2, 0.25) is 0 Å². The normalized spacial score (nSPS) is 11.4. The molecule has 8 heteroatoms. The van der Waals surface area contributed by atoms with Gasteiger partial charge in [0.1, 0.15) is 28.8 Å². The summed E-state index contributed by atoms with van der Waals surface area (Å²) in [6.07, 6.45) is 0. The Morgan fingerprint density at radius 2 is 1.78 bits per heavy atom. The van der Waals surface area contributed by atoms with Crippen LogP contribution in [0.3, 0.4) is 0 Å². The molecule has 0 atom stereocenters. The fourth-order valence-corrected chi connectivity index (χ4v) is 3.69. The Kier molecular flexibility index (Phi) is 6.70. The van der Waals surface area contributed by atoms with E-state index in [2.05, 4.69) is 10.3 Å². The molecule has 0 bridgehead atoms. The zero-order valence-corrected chi connectivity index (χ0v) is 20.4. The molecule has 0 radical (unpaired) electrons. The van der Waals surface area contributed by atoms with Crippen molar-refractivity contribution < 1.29 is 28.6 Å². The molecular weight excluding hydrogens is 463 g/mol. The molecule has 0 unspecified atom stereocenters. The van der Waals surface area contributed by atoms with Gasteiger partial charge in [-0.1, -0.05) is 11.6 Å². The maximum atomic E-state index is 14.3. The number of carboxylic acid groups (broad SMARTS) is 1. The third-order valence-electron chi connectivity index (χ3n) is 5.67. The Balaban J connectivity index is 1.44. The molecule has 1 aromatic heterocycles. The average Bonchev–Trinajstić information content (AvgIpc) is 3.22. The summed E-state index contributed by atoms with van der Waals surface area (Å²) in [7, 11) is 0. The van der Waals surface area contributed by atoms with Gasteiger partial charge in [0.25, 0.3) is 5.91 Å². The fourth-order valence-electron chi connectivity index (χ4n) is 3.69. The Bertz CT molecular complexity index is 1460. The molecule has 0 aliphatic rings. The molecule has 0 saturated heterocycles. The predicted octanol–water partition coefficient (Wildman–Crippen LogP) is 5.89. The number of benzene rings is 3. The molecular formula is C28H27FN2O5. The summed E-state index contributed by atoms with van der Waals surface area (Å²) in [4.78, 5) is 27.0. The lowest BCUT2D eigenvalue weighted by Gasteiger charge is -2.23. The number of H-pyrrole nitrogens is 1. The number of carboxylic acids is 1. The third kappa shape index (κ3) is 5.66. The molecule has 36 heavy (non-hydrogen) atoms. The molecule has 186 valence electrons. The Morgan fingerprint density at radius 3 is 2.50 bits per heavy atom. The van der Waals surface area contributed by atoms with Crippen LogP contribution < -0.4 is 14.8 Å². The number of nitrogens with one attached hydrogen (secondary N) is 2. The maximum absolute atomic E-state index is 14.3. The summed E-state index contributed by atoms with van der Waals surface area (Å²) in [5.41, 5.74) is 2.20. The van der Waals surface area contributed by atoms with Crippen molar-refractivity contribution in [3.63, 3.8) is 0 Å². The van der Waals surface area contributed by atoms with Gasteiger partial charge < -0.3 is 24.9 Å². The molecule has 0 spiro atoms. The number of aromatic nitrogens is 1. The van der Waals surface area contributed by atoms with Crippen molar-refractivity contribution in [2.45, 2.75) is 39.8 Å². The highest BCUT2D eigenvalue weighted by Crippen LogP contribution is 2.30. The standard InChI is InChI=1S/C28H27FN2O5/c1-16-5-7-23-19(9-16)13-24(31-23)26(32)30-15-18-11-20(29)14-22(12-18)35-21-6-8-25(17(2)10-21)36-28(3,4)27(33)34/h5-14,31H,15H2,1-4H3,(H,30,32)(H,33,34). The first kappa shape index (κ1) is 24.8. The molecule has 1 amide bonds. The monoisotopic (exact) mass is 490 g/mol. The van der Waals surface area contributed by atoms with E-state index in [4.69, 9.17) is 9.47 Å². The van der Waals surface area contributed by atoms with Crippen LogP contribution >= 0.6 is 0 Å². The lowest BCUT2D eigenvalue weighted by atomic mass is 10.1. The third-order valence-corrected chi connectivity index (χ3v) is 5.67. The van der Waals surface area contributed by atoms with Gasteiger partial charge in [-0.3, -0.25) is 4.79 Å². The van der Waals surface area contributed by atoms with Gasteiger partial charge in [0, 0.05) is 23.5 Å². The molecule has 4 rings (SSSR count). The number of carbonyl (C=O) groups excluding carboxylic acids is 1. The van der Waals surface area contributed by atoms with Crippen molar-refractivity contribution in [1.29, 1.82) is 0 Å². The second-order valence-electron chi connectivity index (χ2n) is 9.20. The molecule has 0 fully saturated rings. The number of hydrogen-bond donors (Lipinski definition) is 3. The Hall–Kier alpha value is -4.33. The van der Waals surface area contributed by atoms with Crippen LogP contribution in [0.2, 0.25) is 0 Å². The van der Waals surface area contributed by atoms with Crippen molar-refractivity contribution in [3.05, 3.63) is 88.9 Å². The summed E-state index contributed by atoms with van der Waals surface area (Å²) in [6, 6.07) is 16.8. The summed E-state index contributed by atoms with van der Waals surface area (Å²) >= 11 is 0. The highest BCUT2D eigenvalue weighted by molar-refractivity contribution is 5.98. The number of fused-ring (bicyclic) bond motifs is 1. The minimum atomic E-state index is -1.39. The summed E-state index contributed by atoms with van der Waals surface area (Å²) in [5, 5.41) is 13.0. The van der Waals surface area contributed by atoms with Gasteiger partial charge in [-0.25, -0.2) is 9.18 Å². The first-order chi connectivity index (χ1) is 17.0. The zero-order valence-electron chi connectivity index (χ0n) is 20.4. The van der Waals surface area contributed by atoms with Crippen LogP contribution in [0, 0.1) is 19.7 Å². The lowest BCUT2D eigenvalue weighted by Crippen LogP contribution is -2.38.